The summed E-state index contributed by atoms with van der Waals surface area (Å²) >= 11 is 0. The summed E-state index contributed by atoms with van der Waals surface area (Å²) < 4.78 is 50.2. The van der Waals surface area contributed by atoms with Crippen molar-refractivity contribution in [3.63, 3.8) is 0 Å². The van der Waals surface area contributed by atoms with Crippen molar-refractivity contribution in [2.75, 3.05) is 0 Å². The molecule has 0 aromatic heterocycles. The largest absolute Gasteiger partial charge is 0.517 e. The van der Waals surface area contributed by atoms with Crippen LogP contribution in [0.15, 0.2) is 69.3 Å². The van der Waals surface area contributed by atoms with Crippen LogP contribution in [-0.4, -0.2) is 47.9 Å². The Morgan fingerprint density at radius 3 is 0.908 bits per heavy atom. The van der Waals surface area contributed by atoms with Crippen molar-refractivity contribution < 1.29 is 42.5 Å². The van der Waals surface area contributed by atoms with Crippen LogP contribution in [0.2, 0.25) is 0 Å². The minimum Gasteiger partial charge on any atom is -0.490 e. The highest BCUT2D eigenvalue weighted by molar-refractivity contribution is 8.30. The van der Waals surface area contributed by atoms with Crippen LogP contribution in [0.25, 0.3) is 0 Å². The first-order chi connectivity index (χ1) is 32.0. The highest BCUT2D eigenvalue weighted by Gasteiger charge is 2.48. The topological polar surface area (TPSA) is 102 Å². The third-order valence-electron chi connectivity index (χ3n) is 14.9. The third-order valence-corrected chi connectivity index (χ3v) is 18.2. The Labute approximate surface area is 390 Å². The van der Waals surface area contributed by atoms with Gasteiger partial charge in [-0.2, -0.15) is 0 Å². The fourth-order valence-corrected chi connectivity index (χ4v) is 14.8. The van der Waals surface area contributed by atoms with E-state index in [1.54, 1.807) is 0 Å². The third kappa shape index (κ3) is 11.8. The van der Waals surface area contributed by atoms with Gasteiger partial charge in [0.15, 0.2) is 0 Å². The van der Waals surface area contributed by atoms with Gasteiger partial charge in [-0.1, -0.05) is 56.7 Å². The monoisotopic (exact) mass is 913 g/mol. The van der Waals surface area contributed by atoms with Gasteiger partial charge in [-0.05, 0) is 166 Å². The van der Waals surface area contributed by atoms with Crippen LogP contribution in [0.5, 0.6) is 34.5 Å². The molecule has 3 aromatic carbocycles. The Morgan fingerprint density at radius 1 is 0.385 bits per heavy atom. The number of hydrogen-bond acceptors (Lipinski definition) is 8. The summed E-state index contributed by atoms with van der Waals surface area (Å²) in [7, 11) is -3.37. The van der Waals surface area contributed by atoms with Crippen LogP contribution < -0.4 is 28.4 Å². The summed E-state index contributed by atoms with van der Waals surface area (Å²) in [5.41, 5.74) is 0. The van der Waals surface area contributed by atoms with Gasteiger partial charge in [-0.15, -0.1) is 0 Å². The number of ether oxygens (including phenoxy) is 6. The molecule has 3 aromatic rings. The van der Waals surface area contributed by atoms with Gasteiger partial charge in [0.25, 0.3) is 0 Å². The van der Waals surface area contributed by atoms with Crippen molar-refractivity contribution in [3.05, 3.63) is 54.6 Å². The van der Waals surface area contributed by atoms with Gasteiger partial charge in [0, 0.05) is 39.5 Å². The summed E-state index contributed by atoms with van der Waals surface area (Å²) in [6.07, 6.45) is 30.2. The number of rotatable bonds is 16. The zero-order valence-corrected chi connectivity index (χ0v) is 39.8. The number of carbonyl (C=O) groups is 1. The van der Waals surface area contributed by atoms with E-state index < -0.39 is 16.5 Å². The quantitative estimate of drug-likeness (QED) is 0.150. The first-order valence-corrected chi connectivity index (χ1v) is 27.7. The van der Waals surface area contributed by atoms with Crippen molar-refractivity contribution >= 4 is 16.5 Å². The molecule has 65 heavy (non-hydrogen) atoms. The lowest BCUT2D eigenvalue weighted by atomic mass is 9.97. The van der Waals surface area contributed by atoms with E-state index in [1.807, 2.05) is 54.6 Å². The molecular formula is C55H76O9S. The molecule has 1 N–H and O–H groups in total. The van der Waals surface area contributed by atoms with Crippen molar-refractivity contribution in [3.8, 4) is 34.5 Å². The van der Waals surface area contributed by atoms with E-state index >= 15 is 0 Å². The molecule has 6 fully saturated rings. The normalized spacial score (nSPS) is 21.8. The molecule has 0 atom stereocenters. The van der Waals surface area contributed by atoms with Crippen LogP contribution in [0, 0.1) is 0 Å². The average molecular weight is 913 g/mol. The first-order valence-electron chi connectivity index (χ1n) is 26.2. The fraction of sp³-hybridized carbons (Fsp3) is 0.655. The second kappa shape index (κ2) is 22.7. The maximum absolute atomic E-state index is 14.0. The van der Waals surface area contributed by atoms with Crippen molar-refractivity contribution in [1.82, 2.24) is 0 Å². The zero-order chi connectivity index (χ0) is 44.3. The number of hydrogen-bond donors (Lipinski definition) is 1. The lowest BCUT2D eigenvalue weighted by Gasteiger charge is -2.43. The van der Waals surface area contributed by atoms with Gasteiger partial charge in [0.1, 0.15) is 44.3 Å². The summed E-state index contributed by atoms with van der Waals surface area (Å²) in [5.74, 6) is 3.64. The Bertz CT molecular complexity index is 1760. The molecule has 6 saturated carbocycles. The molecular weight excluding hydrogens is 837 g/mol. The molecule has 10 heteroatoms. The van der Waals surface area contributed by atoms with Crippen LogP contribution in [-0.2, 0) is 4.18 Å². The molecule has 0 radical (unpaired) electrons. The van der Waals surface area contributed by atoms with E-state index in [0.717, 1.165) is 154 Å². The predicted octanol–water partition coefficient (Wildman–Crippen LogP) is 15.8. The van der Waals surface area contributed by atoms with Crippen molar-refractivity contribution in [1.29, 1.82) is 0 Å². The second-order valence-electron chi connectivity index (χ2n) is 20.0. The van der Waals surface area contributed by atoms with Crippen LogP contribution in [0.4, 0.5) is 4.79 Å². The Balaban J connectivity index is 1.33. The van der Waals surface area contributed by atoms with Crippen LogP contribution in [0.3, 0.4) is 0 Å². The Kier molecular flexibility index (Phi) is 16.1. The molecule has 356 valence electrons. The summed E-state index contributed by atoms with van der Waals surface area (Å²) in [5, 5.41) is 11.4. The van der Waals surface area contributed by atoms with Crippen LogP contribution >= 0.6 is 10.3 Å². The molecule has 0 unspecified atom stereocenters. The van der Waals surface area contributed by atoms with Gasteiger partial charge in [-0.3, -0.25) is 0 Å². The van der Waals surface area contributed by atoms with Gasteiger partial charge in [0.05, 0.1) is 36.6 Å². The van der Waals surface area contributed by atoms with Gasteiger partial charge in [-0.25, -0.2) is 4.79 Å². The molecule has 6 aliphatic rings. The second-order valence-corrected chi connectivity index (χ2v) is 22.5. The van der Waals surface area contributed by atoms with Crippen molar-refractivity contribution in [2.24, 2.45) is 0 Å². The van der Waals surface area contributed by atoms with E-state index in [4.69, 9.17) is 32.6 Å². The Morgan fingerprint density at radius 2 is 0.646 bits per heavy atom. The highest BCUT2D eigenvalue weighted by atomic mass is 32.3. The van der Waals surface area contributed by atoms with E-state index in [9.17, 15) is 9.90 Å². The standard InChI is InChI=1S/C55H76O9S/c56-55(57)64-65(48-34-20-7-21-35-48,53-49(60-42-26-12-3-13-27-42)36-46(58-40-22-8-1-9-23-40)37-50(53)61-43-28-14-4-15-29-43)54-51(62-44-30-16-5-17-31-44)38-47(59-41-24-10-2-11-25-41)39-52(54)63-45-32-18-6-19-33-45/h7,20-21,34-45H,1-6,8-19,22-33H2,(H,56,57). The minimum absolute atomic E-state index is 0.0603. The molecule has 9 rings (SSSR count). The summed E-state index contributed by atoms with van der Waals surface area (Å²) in [6, 6.07) is 18.1. The molecule has 9 nitrogen and oxygen atoms in total. The molecule has 0 saturated heterocycles. The minimum atomic E-state index is -3.37. The predicted molar refractivity (Wildman–Crippen MR) is 256 cm³/mol. The number of benzene rings is 3. The van der Waals surface area contributed by atoms with E-state index in [1.165, 1.54) is 38.5 Å². The highest BCUT2D eigenvalue weighted by Crippen LogP contribution is 2.78. The molecule has 0 amide bonds. The first kappa shape index (κ1) is 46.2. The molecule has 0 spiro atoms. The average Bonchev–Trinajstić information content (AvgIpc) is 3.33. The molecule has 0 bridgehead atoms. The Hall–Kier alpha value is -3.92. The van der Waals surface area contributed by atoms with Gasteiger partial charge < -0.3 is 37.7 Å². The fourth-order valence-electron chi connectivity index (χ4n) is 11.5. The van der Waals surface area contributed by atoms with Gasteiger partial charge in [0.2, 0.25) is 0 Å². The van der Waals surface area contributed by atoms with E-state index in [2.05, 4.69) is 0 Å². The zero-order valence-electron chi connectivity index (χ0n) is 39.0. The SMILES string of the molecule is O=C(O)OS(c1ccccc1)(c1c(OC2CCCCC2)cc(OC2CCCCC2)cc1OC1CCCCC1)c1c(OC2CCCCC2)cc(OC2CCCCC2)cc1OC1CCCCC1. The maximum atomic E-state index is 14.0. The van der Waals surface area contributed by atoms with Gasteiger partial charge >= 0.3 is 6.16 Å². The van der Waals surface area contributed by atoms with Crippen LogP contribution in [0.1, 0.15) is 193 Å². The summed E-state index contributed by atoms with van der Waals surface area (Å²) in [4.78, 5) is 15.9. The van der Waals surface area contributed by atoms with E-state index in [0.29, 0.717) is 49.2 Å². The lowest BCUT2D eigenvalue weighted by Crippen LogP contribution is -2.26. The molecule has 0 aliphatic heterocycles. The lowest BCUT2D eigenvalue weighted by molar-refractivity contribution is 0.127. The summed E-state index contributed by atoms with van der Waals surface area (Å²) in [6.45, 7) is 0. The smallest absolute Gasteiger partial charge is 0.490 e. The molecule has 0 heterocycles. The molecule has 6 aliphatic carbocycles. The number of carboxylic acid groups (broad SMARTS) is 1. The van der Waals surface area contributed by atoms with E-state index in [-0.39, 0.29) is 36.6 Å². The van der Waals surface area contributed by atoms with Crippen molar-refractivity contribution in [2.45, 2.75) is 244 Å². The maximum Gasteiger partial charge on any atom is 0.517 e.